The Morgan fingerprint density at radius 2 is 1.37 bits per heavy atom. The summed E-state index contributed by atoms with van der Waals surface area (Å²) in [5.41, 5.74) is 3.72. The van der Waals surface area contributed by atoms with Crippen molar-refractivity contribution in [2.75, 3.05) is 0 Å². The number of benzene rings is 5. The van der Waals surface area contributed by atoms with Gasteiger partial charge in [0.2, 0.25) is 5.91 Å². The standard InChI is InChI=1S/C37H28FN5O3/c38-30-20-24(16-17-26(30)23-39)25-18-19-31-32(21-25)41-35(40-31)33(42-36(45)46)22-34(44)43-37(27-10-4-1-5-11-27,28-12-6-2-7-13-28)29-14-8-3-9-15-29/h1-21,33,42H,22H2,(H,40,41)(H,43,44)(H,45,46). The molecule has 0 saturated heterocycles. The number of fused-ring (bicyclic) bond motifs is 1. The molecule has 1 heterocycles. The zero-order chi connectivity index (χ0) is 32.1. The number of hydrogen-bond acceptors (Lipinski definition) is 4. The second kappa shape index (κ2) is 12.8. The SMILES string of the molecule is N#Cc1ccc(-c2ccc3nc(C(CC(=O)NC(c4ccccc4)(c4ccccc4)c4ccccc4)NC(=O)O)[nH]c3c2)cc1F. The Hall–Kier alpha value is -6.27. The minimum atomic E-state index is -1.31. The number of carbonyl (C=O) groups excluding carboxylic acids is 1. The van der Waals surface area contributed by atoms with Crippen LogP contribution >= 0.6 is 0 Å². The summed E-state index contributed by atoms with van der Waals surface area (Å²) in [5, 5.41) is 24.5. The van der Waals surface area contributed by atoms with E-state index in [1.807, 2.05) is 97.1 Å². The summed E-state index contributed by atoms with van der Waals surface area (Å²) in [4.78, 5) is 33.7. The van der Waals surface area contributed by atoms with E-state index < -0.39 is 29.4 Å². The zero-order valence-corrected chi connectivity index (χ0v) is 24.4. The van der Waals surface area contributed by atoms with Gasteiger partial charge in [-0.15, -0.1) is 0 Å². The van der Waals surface area contributed by atoms with E-state index in [1.54, 1.807) is 24.3 Å². The van der Waals surface area contributed by atoms with Crippen LogP contribution in [0.1, 0.15) is 40.5 Å². The Morgan fingerprint density at radius 3 is 1.89 bits per heavy atom. The molecule has 0 fully saturated rings. The summed E-state index contributed by atoms with van der Waals surface area (Å²) in [7, 11) is 0. The molecule has 6 rings (SSSR count). The van der Waals surface area contributed by atoms with E-state index in [2.05, 4.69) is 20.6 Å². The quantitative estimate of drug-likeness (QED) is 0.131. The first-order valence-corrected chi connectivity index (χ1v) is 14.5. The molecular weight excluding hydrogens is 581 g/mol. The number of amides is 2. The molecule has 46 heavy (non-hydrogen) atoms. The first-order chi connectivity index (χ1) is 22.4. The van der Waals surface area contributed by atoms with Gasteiger partial charge < -0.3 is 20.7 Å². The van der Waals surface area contributed by atoms with Gasteiger partial charge in [0, 0.05) is 0 Å². The fourth-order valence-corrected chi connectivity index (χ4v) is 5.75. The molecular formula is C37H28FN5O3. The number of halogens is 1. The molecule has 0 bridgehead atoms. The lowest BCUT2D eigenvalue weighted by atomic mass is 9.77. The van der Waals surface area contributed by atoms with Gasteiger partial charge in [0.1, 0.15) is 23.2 Å². The topological polar surface area (TPSA) is 131 Å². The summed E-state index contributed by atoms with van der Waals surface area (Å²) >= 11 is 0. The van der Waals surface area contributed by atoms with Gasteiger partial charge in [-0.25, -0.2) is 14.2 Å². The van der Waals surface area contributed by atoms with Crippen LogP contribution in [0.5, 0.6) is 0 Å². The van der Waals surface area contributed by atoms with Crippen LogP contribution < -0.4 is 10.6 Å². The van der Waals surface area contributed by atoms with Gasteiger partial charge in [-0.2, -0.15) is 5.26 Å². The molecule has 1 atom stereocenters. The fourth-order valence-electron chi connectivity index (χ4n) is 5.75. The second-order valence-electron chi connectivity index (χ2n) is 10.8. The minimum absolute atomic E-state index is 0.0506. The third-order valence-corrected chi connectivity index (χ3v) is 7.89. The van der Waals surface area contributed by atoms with E-state index in [4.69, 9.17) is 5.26 Å². The maximum absolute atomic E-state index is 14.3. The molecule has 4 N–H and O–H groups in total. The van der Waals surface area contributed by atoms with Gasteiger partial charge in [-0.1, -0.05) is 103 Å². The first-order valence-electron chi connectivity index (χ1n) is 14.5. The van der Waals surface area contributed by atoms with Crippen molar-refractivity contribution in [3.63, 3.8) is 0 Å². The molecule has 8 nitrogen and oxygen atoms in total. The number of nitrogens with one attached hydrogen (secondary N) is 3. The van der Waals surface area contributed by atoms with Crippen molar-refractivity contribution in [3.8, 4) is 17.2 Å². The molecule has 0 aliphatic heterocycles. The normalized spacial score (nSPS) is 11.8. The summed E-state index contributed by atoms with van der Waals surface area (Å²) in [6.45, 7) is 0. The van der Waals surface area contributed by atoms with Crippen molar-refractivity contribution in [2.24, 2.45) is 0 Å². The minimum Gasteiger partial charge on any atom is -0.465 e. The molecule has 9 heteroatoms. The lowest BCUT2D eigenvalue weighted by Crippen LogP contribution is -2.48. The predicted molar refractivity (Wildman–Crippen MR) is 172 cm³/mol. The Labute approximate surface area is 264 Å². The van der Waals surface area contributed by atoms with Crippen molar-refractivity contribution in [3.05, 3.63) is 161 Å². The highest BCUT2D eigenvalue weighted by Gasteiger charge is 2.38. The largest absolute Gasteiger partial charge is 0.465 e. The molecule has 0 aliphatic rings. The maximum atomic E-state index is 14.3. The molecule has 6 aromatic rings. The monoisotopic (exact) mass is 609 g/mol. The second-order valence-corrected chi connectivity index (χ2v) is 10.8. The molecule has 2 amide bonds. The van der Waals surface area contributed by atoms with Gasteiger partial charge in [-0.3, -0.25) is 4.79 Å². The van der Waals surface area contributed by atoms with Gasteiger partial charge >= 0.3 is 6.09 Å². The number of H-pyrrole nitrogens is 1. The van der Waals surface area contributed by atoms with Gasteiger partial charge in [0.15, 0.2) is 0 Å². The fraction of sp³-hybridized carbons (Fsp3) is 0.0811. The van der Waals surface area contributed by atoms with Crippen LogP contribution in [0.15, 0.2) is 127 Å². The van der Waals surface area contributed by atoms with E-state index in [-0.39, 0.29) is 17.8 Å². The molecule has 0 aliphatic carbocycles. The van der Waals surface area contributed by atoms with Gasteiger partial charge in [0.25, 0.3) is 0 Å². The maximum Gasteiger partial charge on any atom is 0.405 e. The smallest absolute Gasteiger partial charge is 0.405 e. The Kier molecular flexibility index (Phi) is 8.26. The summed E-state index contributed by atoms with van der Waals surface area (Å²) in [5.74, 6) is -0.787. The van der Waals surface area contributed by atoms with Crippen molar-refractivity contribution in [1.82, 2.24) is 20.6 Å². The lowest BCUT2D eigenvalue weighted by molar-refractivity contribution is -0.122. The zero-order valence-electron chi connectivity index (χ0n) is 24.4. The summed E-state index contributed by atoms with van der Waals surface area (Å²) in [6, 6.07) is 39.3. The number of hydrogen-bond donors (Lipinski definition) is 4. The number of aromatic amines is 1. The third kappa shape index (κ3) is 5.92. The van der Waals surface area contributed by atoms with E-state index in [1.165, 1.54) is 12.1 Å². The number of carboxylic acid groups (broad SMARTS) is 1. The summed E-state index contributed by atoms with van der Waals surface area (Å²) < 4.78 is 14.3. The Balaban J connectivity index is 1.36. The molecule has 5 aromatic carbocycles. The van der Waals surface area contributed by atoms with Gasteiger partial charge in [-0.05, 0) is 52.1 Å². The lowest BCUT2D eigenvalue weighted by Gasteiger charge is -2.37. The number of aromatic nitrogens is 2. The van der Waals surface area contributed by atoms with Crippen LogP contribution in [-0.2, 0) is 10.3 Å². The number of imidazole rings is 1. The van der Waals surface area contributed by atoms with Crippen molar-refractivity contribution in [1.29, 1.82) is 5.26 Å². The molecule has 1 aromatic heterocycles. The highest BCUT2D eigenvalue weighted by Crippen LogP contribution is 2.37. The van der Waals surface area contributed by atoms with Crippen LogP contribution in [0.25, 0.3) is 22.2 Å². The Bertz CT molecular complexity index is 1960. The van der Waals surface area contributed by atoms with Crippen LogP contribution in [0.2, 0.25) is 0 Å². The first kappa shape index (κ1) is 29.8. The van der Waals surface area contributed by atoms with Crippen molar-refractivity contribution in [2.45, 2.75) is 18.0 Å². The Morgan fingerprint density at radius 1 is 0.826 bits per heavy atom. The van der Waals surface area contributed by atoms with Crippen LogP contribution in [-0.4, -0.2) is 27.1 Å². The molecule has 0 spiro atoms. The van der Waals surface area contributed by atoms with E-state index in [0.717, 1.165) is 16.7 Å². The van der Waals surface area contributed by atoms with Crippen LogP contribution in [0, 0.1) is 17.1 Å². The van der Waals surface area contributed by atoms with Crippen LogP contribution in [0.3, 0.4) is 0 Å². The highest BCUT2D eigenvalue weighted by molar-refractivity contribution is 5.83. The van der Waals surface area contributed by atoms with Crippen molar-refractivity contribution >= 4 is 23.0 Å². The van der Waals surface area contributed by atoms with Crippen LogP contribution in [0.4, 0.5) is 9.18 Å². The molecule has 0 saturated carbocycles. The third-order valence-electron chi connectivity index (χ3n) is 7.89. The molecule has 0 radical (unpaired) electrons. The van der Waals surface area contributed by atoms with E-state index in [9.17, 15) is 19.1 Å². The predicted octanol–water partition coefficient (Wildman–Crippen LogP) is 7.05. The molecule has 226 valence electrons. The highest BCUT2D eigenvalue weighted by atomic mass is 19.1. The van der Waals surface area contributed by atoms with Gasteiger partial charge in [0.05, 0.1) is 29.1 Å². The van der Waals surface area contributed by atoms with Crippen molar-refractivity contribution < 1.29 is 19.1 Å². The van der Waals surface area contributed by atoms with E-state index in [0.29, 0.717) is 22.2 Å². The summed E-state index contributed by atoms with van der Waals surface area (Å²) in [6.07, 6.45) is -1.57. The number of carbonyl (C=O) groups is 2. The molecule has 1 unspecified atom stereocenters. The average molecular weight is 610 g/mol. The number of nitriles is 1. The van der Waals surface area contributed by atoms with E-state index >= 15 is 0 Å². The number of rotatable bonds is 9. The number of nitrogens with zero attached hydrogens (tertiary/aromatic N) is 2. The average Bonchev–Trinajstić information content (AvgIpc) is 3.52.